The maximum Gasteiger partial charge on any atom is 0.257 e. The first kappa shape index (κ1) is 34.6. The molecule has 1 aliphatic carbocycles. The zero-order valence-electron chi connectivity index (χ0n) is 25.4. The first-order valence-corrected chi connectivity index (χ1v) is 18.1. The van der Waals surface area contributed by atoms with Gasteiger partial charge >= 0.3 is 0 Å². The molecule has 0 radical (unpaired) electrons. The van der Waals surface area contributed by atoms with Gasteiger partial charge in [-0.3, -0.25) is 9.40 Å². The molecule has 2 aromatic carbocycles. The smallest absolute Gasteiger partial charge is 0.257 e. The lowest BCUT2D eigenvalue weighted by Crippen LogP contribution is -2.28. The summed E-state index contributed by atoms with van der Waals surface area (Å²) in [5, 5.41) is 3.65. The van der Waals surface area contributed by atoms with Crippen molar-refractivity contribution < 1.29 is 34.4 Å². The van der Waals surface area contributed by atoms with Crippen molar-refractivity contribution in [2.75, 3.05) is 11.0 Å². The van der Waals surface area contributed by atoms with Crippen molar-refractivity contribution in [1.29, 1.82) is 0 Å². The van der Waals surface area contributed by atoms with Crippen LogP contribution in [0.5, 0.6) is 0 Å². The van der Waals surface area contributed by atoms with Gasteiger partial charge in [-0.1, -0.05) is 23.6 Å². The van der Waals surface area contributed by atoms with E-state index >= 15 is 0 Å². The minimum absolute atomic E-state index is 0.0392. The fraction of sp³-hybridized carbons (Fsp3) is 0.355. The fourth-order valence-electron chi connectivity index (χ4n) is 4.87. The molecule has 0 bridgehead atoms. The monoisotopic (exact) mass is 711 g/mol. The Balaban J connectivity index is 1.72. The van der Waals surface area contributed by atoms with E-state index in [1.165, 1.54) is 32.0 Å². The Labute approximate surface area is 274 Å². The quantitative estimate of drug-likeness (QED) is 0.161. The molecule has 1 saturated carbocycles. The molecule has 1 fully saturated rings. The van der Waals surface area contributed by atoms with Crippen LogP contribution in [-0.4, -0.2) is 54.3 Å². The molecule has 0 saturated heterocycles. The Bertz CT molecular complexity index is 2140. The summed E-state index contributed by atoms with van der Waals surface area (Å²) in [6.45, 7) is 1.95. The van der Waals surface area contributed by atoms with Crippen LogP contribution in [0.4, 0.5) is 23.4 Å². The molecule has 3 N–H and O–H groups in total. The van der Waals surface area contributed by atoms with Crippen LogP contribution in [0.25, 0.3) is 22.0 Å². The zero-order valence-corrected chi connectivity index (χ0v) is 27.7. The van der Waals surface area contributed by atoms with Crippen LogP contribution in [0.15, 0.2) is 42.5 Å². The van der Waals surface area contributed by atoms with Gasteiger partial charge < -0.3 is 5.73 Å². The highest BCUT2D eigenvalue weighted by Gasteiger charge is 2.37. The minimum Gasteiger partial charge on any atom is -0.322 e. The number of hydrogen-bond acceptors (Lipinski definition) is 7. The van der Waals surface area contributed by atoms with Gasteiger partial charge in [0.15, 0.2) is 15.7 Å². The van der Waals surface area contributed by atoms with Crippen molar-refractivity contribution in [2.45, 2.75) is 62.1 Å². The van der Waals surface area contributed by atoms with E-state index in [0.717, 1.165) is 23.1 Å². The van der Waals surface area contributed by atoms with E-state index in [-0.39, 0.29) is 56.2 Å². The number of nitrogens with two attached hydrogens (primary N) is 1. The largest absolute Gasteiger partial charge is 0.322 e. The third kappa shape index (κ3) is 7.56. The Hall–Kier alpha value is -3.71. The van der Waals surface area contributed by atoms with E-state index in [2.05, 4.69) is 26.6 Å². The first-order chi connectivity index (χ1) is 21.9. The van der Waals surface area contributed by atoms with Crippen molar-refractivity contribution in [3.63, 3.8) is 0 Å². The van der Waals surface area contributed by atoms with E-state index < -0.39 is 60.5 Å². The summed E-state index contributed by atoms with van der Waals surface area (Å²) in [6.07, 6.45) is -1.05. The molecule has 1 aliphatic rings. The average molecular weight is 712 g/mol. The van der Waals surface area contributed by atoms with E-state index in [0.29, 0.717) is 18.9 Å². The van der Waals surface area contributed by atoms with Crippen molar-refractivity contribution in [2.24, 2.45) is 5.73 Å². The number of nitrogens with one attached hydrogen (secondary N) is 1. The van der Waals surface area contributed by atoms with Gasteiger partial charge in [0.25, 0.3) is 6.43 Å². The topological polar surface area (TPSA) is 137 Å². The van der Waals surface area contributed by atoms with E-state index in [1.54, 1.807) is 6.07 Å². The lowest BCUT2D eigenvalue weighted by atomic mass is 9.94. The molecule has 16 heteroatoms. The van der Waals surface area contributed by atoms with Gasteiger partial charge in [0.1, 0.15) is 28.6 Å². The maximum absolute atomic E-state index is 14.0. The Morgan fingerprint density at radius 2 is 1.70 bits per heavy atom. The van der Waals surface area contributed by atoms with Gasteiger partial charge in [-0.25, -0.2) is 39.4 Å². The Morgan fingerprint density at radius 3 is 2.30 bits per heavy atom. The summed E-state index contributed by atoms with van der Waals surface area (Å²) >= 11 is 6.53. The van der Waals surface area contributed by atoms with Crippen LogP contribution in [0, 0.1) is 23.5 Å². The van der Waals surface area contributed by atoms with Gasteiger partial charge in [-0.15, -0.1) is 0 Å². The molecule has 250 valence electrons. The van der Waals surface area contributed by atoms with E-state index in [1.807, 2.05) is 0 Å². The molecular weight excluding hydrogens is 682 g/mol. The molecule has 47 heavy (non-hydrogen) atoms. The number of anilines is 1. The second kappa shape index (κ2) is 12.7. The highest BCUT2D eigenvalue weighted by atomic mass is 35.5. The number of pyridine rings is 1. The number of sulfone groups is 1. The van der Waals surface area contributed by atoms with Gasteiger partial charge in [0.05, 0.1) is 32.9 Å². The molecule has 0 aliphatic heterocycles. The van der Waals surface area contributed by atoms with Gasteiger partial charge in [0.2, 0.25) is 10.0 Å². The van der Waals surface area contributed by atoms with Gasteiger partial charge in [0, 0.05) is 23.4 Å². The van der Waals surface area contributed by atoms with Crippen LogP contribution in [0.2, 0.25) is 5.02 Å². The minimum atomic E-state index is -3.86. The van der Waals surface area contributed by atoms with Crippen LogP contribution in [0.3, 0.4) is 0 Å². The number of alkyl halides is 2. The summed E-state index contributed by atoms with van der Waals surface area (Å²) in [5.41, 5.74) is 7.66. The van der Waals surface area contributed by atoms with Crippen molar-refractivity contribution in [3.8, 4) is 23.0 Å². The van der Waals surface area contributed by atoms with Gasteiger partial charge in [-0.2, -0.15) is 5.10 Å². The molecule has 9 nitrogen and oxygen atoms in total. The number of halogens is 5. The average Bonchev–Trinajstić information content (AvgIpc) is 3.76. The fourth-order valence-corrected chi connectivity index (χ4v) is 6.68. The molecule has 0 spiro atoms. The van der Waals surface area contributed by atoms with Gasteiger partial charge in [-0.05, 0) is 74.9 Å². The maximum atomic E-state index is 14.0. The molecule has 5 rings (SSSR count). The third-order valence-corrected chi connectivity index (χ3v) is 11.8. The molecule has 2 aromatic heterocycles. The number of fused-ring (bicyclic) bond motifs is 1. The number of rotatable bonds is 10. The van der Waals surface area contributed by atoms with Crippen LogP contribution >= 0.6 is 11.6 Å². The molecular formula is C31H30ClF4N5O4S2. The molecule has 0 unspecified atom stereocenters. The predicted molar refractivity (Wildman–Crippen MR) is 172 cm³/mol. The number of sulfonamides is 1. The van der Waals surface area contributed by atoms with E-state index in [4.69, 9.17) is 17.3 Å². The number of hydrogen-bond donors (Lipinski definition) is 2. The Kier molecular flexibility index (Phi) is 9.37. The lowest BCUT2D eigenvalue weighted by molar-refractivity contribution is 0.123. The number of nitrogens with zero attached hydrogens (tertiary/aromatic N) is 3. The Morgan fingerprint density at radius 1 is 1.06 bits per heavy atom. The summed E-state index contributed by atoms with van der Waals surface area (Å²) in [7, 11) is -7.45. The number of benzene rings is 2. The van der Waals surface area contributed by atoms with Crippen molar-refractivity contribution in [3.05, 3.63) is 76.1 Å². The van der Waals surface area contributed by atoms with Crippen LogP contribution in [-0.2, 0) is 32.8 Å². The van der Waals surface area contributed by atoms with Crippen LogP contribution < -0.4 is 10.5 Å². The predicted octanol–water partition coefficient (Wildman–Crippen LogP) is 5.62. The zero-order chi connectivity index (χ0) is 34.5. The summed E-state index contributed by atoms with van der Waals surface area (Å²) < 4.78 is 108. The van der Waals surface area contributed by atoms with Crippen LogP contribution in [0.1, 0.15) is 49.7 Å². The molecule has 4 aromatic rings. The normalized spacial score (nSPS) is 14.7. The highest BCUT2D eigenvalue weighted by Crippen LogP contribution is 2.41. The highest BCUT2D eigenvalue weighted by molar-refractivity contribution is 7.93. The summed E-state index contributed by atoms with van der Waals surface area (Å²) in [6, 6.07) is 7.87. The second-order valence-corrected chi connectivity index (χ2v) is 16.8. The lowest BCUT2D eigenvalue weighted by Gasteiger charge is -2.18. The first-order valence-electron chi connectivity index (χ1n) is 14.3. The third-order valence-electron chi connectivity index (χ3n) is 7.72. The summed E-state index contributed by atoms with van der Waals surface area (Å²) in [4.78, 5) is 4.59. The van der Waals surface area contributed by atoms with Crippen molar-refractivity contribution in [1.82, 2.24) is 14.8 Å². The molecule has 1 atom stereocenters. The molecule has 2 heterocycles. The number of aromatic nitrogens is 3. The SMILES string of the molecule is CC(C)(C#Cc1ccc(-c2ccc(Cl)c3c(NS(=O)(=O)C4CC4)nn(CC(F)F)c23)c([C@@H](N)Cc2cc(F)cc(F)c2)n1)S(C)(=O)=O. The summed E-state index contributed by atoms with van der Waals surface area (Å²) in [5.74, 6) is 3.58. The van der Waals surface area contributed by atoms with E-state index in [9.17, 15) is 34.4 Å². The second-order valence-electron chi connectivity index (χ2n) is 11.8. The molecule has 0 amide bonds. The van der Waals surface area contributed by atoms with Crippen molar-refractivity contribution >= 4 is 48.2 Å². The standard InChI is InChI=1S/C31H30ClF4N5O4S2/c1-31(2,46(3,42)43)11-10-20-4-7-22(28(38-20)25(37)14-17-12-18(33)15-19(34)13-17)23-8-9-24(32)27-29(23)41(16-26(35)36)39-30(27)40-47(44,45)21-5-6-21/h4,7-9,12-13,15,21,25-26H,5-6,14,16,37H2,1-3H3,(H,39,40)/t25-/m0/s1.